The van der Waals surface area contributed by atoms with Crippen molar-refractivity contribution in [2.75, 3.05) is 0 Å². The summed E-state index contributed by atoms with van der Waals surface area (Å²) in [5.74, 6) is 1.78. The number of aromatic nitrogens is 5. The number of benzene rings is 10. The van der Waals surface area contributed by atoms with Gasteiger partial charge in [-0.15, -0.1) is 0 Å². The minimum absolute atomic E-state index is 0.574. The summed E-state index contributed by atoms with van der Waals surface area (Å²) in [7, 11) is 0. The quantitative estimate of drug-likeness (QED) is 0.160. The van der Waals surface area contributed by atoms with Crippen molar-refractivity contribution < 1.29 is 4.42 Å². The van der Waals surface area contributed by atoms with E-state index in [1.54, 1.807) is 0 Å². The van der Waals surface area contributed by atoms with Crippen LogP contribution in [0.1, 0.15) is 0 Å². The Hall–Kier alpha value is -9.39. The second kappa shape index (κ2) is 15.6. The lowest BCUT2D eigenvalue weighted by atomic mass is 9.99. The lowest BCUT2D eigenvalue weighted by molar-refractivity contribution is 0.673. The maximum Gasteiger partial charge on any atom is 0.166 e. The monoisotopic (exact) mass is 881 g/mol. The average Bonchev–Trinajstić information content (AvgIpc) is 4.10. The van der Waals surface area contributed by atoms with Gasteiger partial charge >= 0.3 is 0 Å². The van der Waals surface area contributed by atoms with Crippen LogP contribution >= 0.6 is 0 Å². The van der Waals surface area contributed by atoms with Crippen LogP contribution in [0.3, 0.4) is 0 Å². The molecule has 4 aromatic heterocycles. The Labute approximate surface area is 396 Å². The van der Waals surface area contributed by atoms with E-state index in [0.29, 0.717) is 17.5 Å². The van der Waals surface area contributed by atoms with Crippen molar-refractivity contribution in [2.24, 2.45) is 0 Å². The summed E-state index contributed by atoms with van der Waals surface area (Å²) in [5, 5.41) is 6.64. The predicted octanol–water partition coefficient (Wildman–Crippen LogP) is 16.3. The summed E-state index contributed by atoms with van der Waals surface area (Å²) in [6.45, 7) is 0. The molecule has 14 rings (SSSR count). The maximum atomic E-state index is 7.43. The molecule has 0 aliphatic rings. The fourth-order valence-corrected chi connectivity index (χ4v) is 10.5. The summed E-state index contributed by atoms with van der Waals surface area (Å²) in [6, 6.07) is 83.0. The summed E-state index contributed by atoms with van der Waals surface area (Å²) in [6.07, 6.45) is 0. The Morgan fingerprint density at radius 2 is 0.710 bits per heavy atom. The van der Waals surface area contributed by atoms with Gasteiger partial charge in [0.25, 0.3) is 0 Å². The summed E-state index contributed by atoms with van der Waals surface area (Å²) >= 11 is 0. The fraction of sp³-hybridized carbons (Fsp3) is 0. The van der Waals surface area contributed by atoms with E-state index in [9.17, 15) is 0 Å². The van der Waals surface area contributed by atoms with E-state index >= 15 is 0 Å². The van der Waals surface area contributed by atoms with Gasteiger partial charge in [-0.1, -0.05) is 188 Å². The van der Waals surface area contributed by atoms with Crippen molar-refractivity contribution in [1.82, 2.24) is 24.1 Å². The van der Waals surface area contributed by atoms with Crippen molar-refractivity contribution in [3.63, 3.8) is 0 Å². The molecule has 0 bridgehead atoms. The van der Waals surface area contributed by atoms with Crippen LogP contribution in [0.5, 0.6) is 0 Å². The van der Waals surface area contributed by atoms with Crippen molar-refractivity contribution >= 4 is 65.6 Å². The van der Waals surface area contributed by atoms with Crippen LogP contribution in [-0.4, -0.2) is 24.1 Å². The second-order valence-electron chi connectivity index (χ2n) is 17.5. The van der Waals surface area contributed by atoms with Crippen LogP contribution in [0.4, 0.5) is 0 Å². The molecular formula is C63H39N5O. The van der Waals surface area contributed by atoms with Gasteiger partial charge in [-0.2, -0.15) is 0 Å². The molecule has 0 saturated carbocycles. The van der Waals surface area contributed by atoms with E-state index in [2.05, 4.69) is 215 Å². The van der Waals surface area contributed by atoms with E-state index in [-0.39, 0.29) is 0 Å². The number of para-hydroxylation sites is 3. The van der Waals surface area contributed by atoms with Gasteiger partial charge in [0, 0.05) is 54.7 Å². The minimum atomic E-state index is 0.574. The van der Waals surface area contributed by atoms with Crippen LogP contribution in [0.2, 0.25) is 0 Å². The van der Waals surface area contributed by atoms with Gasteiger partial charge in [0.15, 0.2) is 28.6 Å². The molecule has 4 heterocycles. The highest BCUT2D eigenvalue weighted by atomic mass is 16.3. The van der Waals surface area contributed by atoms with E-state index < -0.39 is 0 Å². The number of fused-ring (bicyclic) bond motifs is 11. The Morgan fingerprint density at radius 1 is 0.275 bits per heavy atom. The third kappa shape index (κ3) is 6.16. The highest BCUT2D eigenvalue weighted by Gasteiger charge is 2.25. The van der Waals surface area contributed by atoms with Crippen LogP contribution < -0.4 is 0 Å². The van der Waals surface area contributed by atoms with Crippen LogP contribution in [-0.2, 0) is 0 Å². The third-order valence-corrected chi connectivity index (χ3v) is 13.6. The van der Waals surface area contributed by atoms with Crippen molar-refractivity contribution in [3.8, 4) is 67.8 Å². The molecule has 69 heavy (non-hydrogen) atoms. The second-order valence-corrected chi connectivity index (χ2v) is 17.5. The smallest absolute Gasteiger partial charge is 0.166 e. The first kappa shape index (κ1) is 38.8. The Morgan fingerprint density at radius 3 is 1.35 bits per heavy atom. The molecule has 0 N–H and O–H groups in total. The highest BCUT2D eigenvalue weighted by molar-refractivity contribution is 6.26. The topological polar surface area (TPSA) is 61.7 Å². The molecule has 0 amide bonds. The minimum Gasteiger partial charge on any atom is -0.452 e. The molecule has 0 aliphatic carbocycles. The molecule has 6 nitrogen and oxygen atoms in total. The van der Waals surface area contributed by atoms with Gasteiger partial charge in [0.1, 0.15) is 0 Å². The van der Waals surface area contributed by atoms with Gasteiger partial charge in [-0.3, -0.25) is 0 Å². The van der Waals surface area contributed by atoms with E-state index in [0.717, 1.165) is 99.4 Å². The molecule has 0 unspecified atom stereocenters. The highest BCUT2D eigenvalue weighted by Crippen LogP contribution is 2.45. The first-order valence-corrected chi connectivity index (χ1v) is 23.3. The molecule has 6 heteroatoms. The van der Waals surface area contributed by atoms with Crippen LogP contribution in [0.25, 0.3) is 133 Å². The van der Waals surface area contributed by atoms with Crippen LogP contribution in [0.15, 0.2) is 241 Å². The zero-order valence-electron chi connectivity index (χ0n) is 37.2. The Kier molecular flexibility index (Phi) is 8.79. The normalized spacial score (nSPS) is 11.8. The standard InChI is InChI=1S/C63H39N5O/c1-4-18-40(19-5-1)41-32-34-44(35-33-41)67-54-29-15-12-25-46(54)48-36-38-50-51-39-37-49-47-26-13-16-30-55(47)68(58(49)60(51)69-59(50)57(48)67)56-31-17-14-28-53(56)63-65-61(43-22-8-3-9-23-43)64-62(66-63)52-27-11-10-24-45(52)42-20-6-2-7-21-42/h1-39H. The van der Waals surface area contributed by atoms with Gasteiger partial charge in [0.2, 0.25) is 0 Å². The van der Waals surface area contributed by atoms with Gasteiger partial charge in [-0.05, 0) is 70.8 Å². The summed E-state index contributed by atoms with van der Waals surface area (Å²) < 4.78 is 12.1. The molecule has 0 saturated heterocycles. The zero-order valence-corrected chi connectivity index (χ0v) is 37.2. The number of furan rings is 1. The van der Waals surface area contributed by atoms with Gasteiger partial charge in [0.05, 0.1) is 27.8 Å². The average molecular weight is 882 g/mol. The van der Waals surface area contributed by atoms with Crippen molar-refractivity contribution in [3.05, 3.63) is 237 Å². The molecule has 0 radical (unpaired) electrons. The van der Waals surface area contributed by atoms with Crippen molar-refractivity contribution in [1.29, 1.82) is 0 Å². The Balaban J connectivity index is 1.03. The molecule has 14 aromatic rings. The summed E-state index contributed by atoms with van der Waals surface area (Å²) in [5.41, 5.74) is 15.1. The first-order chi connectivity index (χ1) is 34.2. The summed E-state index contributed by atoms with van der Waals surface area (Å²) in [4.78, 5) is 15.8. The number of hydrogen-bond acceptors (Lipinski definition) is 4. The van der Waals surface area contributed by atoms with E-state index in [4.69, 9.17) is 19.4 Å². The largest absolute Gasteiger partial charge is 0.452 e. The molecule has 0 spiro atoms. The predicted molar refractivity (Wildman–Crippen MR) is 283 cm³/mol. The molecule has 0 aliphatic heterocycles. The molecule has 0 atom stereocenters. The maximum absolute atomic E-state index is 7.43. The van der Waals surface area contributed by atoms with E-state index in [1.165, 1.54) is 16.5 Å². The van der Waals surface area contributed by atoms with Crippen LogP contribution in [0, 0.1) is 0 Å². The molecular weight excluding hydrogens is 843 g/mol. The SMILES string of the molecule is c1ccc(-c2ccc(-n3c4ccccc4c4ccc5c6ccc7c8ccccc8n(-c8ccccc8-c8nc(-c9ccccc9)nc(-c9ccccc9-c9ccccc9)n8)c7c6oc5c43)cc2)cc1. The number of hydrogen-bond donors (Lipinski definition) is 0. The fourth-order valence-electron chi connectivity index (χ4n) is 10.5. The molecule has 10 aromatic carbocycles. The number of rotatable bonds is 7. The zero-order chi connectivity index (χ0) is 45.4. The van der Waals surface area contributed by atoms with Crippen molar-refractivity contribution in [2.45, 2.75) is 0 Å². The Bertz CT molecular complexity index is 4280. The lowest BCUT2D eigenvalue weighted by Crippen LogP contribution is -2.04. The number of nitrogens with zero attached hydrogens (tertiary/aromatic N) is 5. The molecule has 0 fully saturated rings. The first-order valence-electron chi connectivity index (χ1n) is 23.3. The van der Waals surface area contributed by atoms with Gasteiger partial charge < -0.3 is 13.6 Å². The third-order valence-electron chi connectivity index (χ3n) is 13.6. The van der Waals surface area contributed by atoms with Gasteiger partial charge in [-0.25, -0.2) is 15.0 Å². The molecule has 322 valence electrons. The van der Waals surface area contributed by atoms with E-state index in [1.807, 2.05) is 30.3 Å². The lowest BCUT2D eigenvalue weighted by Gasteiger charge is -2.15.